The van der Waals surface area contributed by atoms with E-state index in [1.807, 2.05) is 36.4 Å². The van der Waals surface area contributed by atoms with Gasteiger partial charge in [-0.1, -0.05) is 36.8 Å². The highest BCUT2D eigenvalue weighted by atomic mass is 16.5. The molecule has 4 rings (SSSR count). The largest absolute Gasteiger partial charge is 0.487 e. The second kappa shape index (κ2) is 7.96. The maximum absolute atomic E-state index is 12.9. The zero-order chi connectivity index (χ0) is 19.6. The van der Waals surface area contributed by atoms with Crippen molar-refractivity contribution in [1.29, 1.82) is 0 Å². The van der Waals surface area contributed by atoms with Crippen molar-refractivity contribution in [3.05, 3.63) is 65.2 Å². The molecule has 1 unspecified atom stereocenters. The summed E-state index contributed by atoms with van der Waals surface area (Å²) < 4.78 is 6.07. The lowest BCUT2D eigenvalue weighted by atomic mass is 9.89. The minimum absolute atomic E-state index is 0.0259. The Morgan fingerprint density at radius 3 is 2.54 bits per heavy atom. The number of para-hydroxylation sites is 1. The van der Waals surface area contributed by atoms with Crippen LogP contribution >= 0.6 is 0 Å². The van der Waals surface area contributed by atoms with Gasteiger partial charge in [-0.05, 0) is 63.5 Å². The van der Waals surface area contributed by atoms with E-state index in [1.54, 1.807) is 0 Å². The Kier molecular flexibility index (Phi) is 5.40. The third-order valence-electron chi connectivity index (χ3n) is 5.75. The Morgan fingerprint density at radius 1 is 1.07 bits per heavy atom. The lowest BCUT2D eigenvalue weighted by Crippen LogP contribution is -2.41. The van der Waals surface area contributed by atoms with Gasteiger partial charge in [-0.3, -0.25) is 9.69 Å². The molecule has 0 spiro atoms. The zero-order valence-corrected chi connectivity index (χ0v) is 16.9. The zero-order valence-electron chi connectivity index (χ0n) is 16.9. The fourth-order valence-electron chi connectivity index (χ4n) is 4.31. The van der Waals surface area contributed by atoms with E-state index in [-0.39, 0.29) is 17.6 Å². The summed E-state index contributed by atoms with van der Waals surface area (Å²) in [6, 6.07) is 16.0. The summed E-state index contributed by atoms with van der Waals surface area (Å²) in [6.45, 7) is 7.47. The molecule has 1 fully saturated rings. The summed E-state index contributed by atoms with van der Waals surface area (Å²) in [6.07, 6.45) is 4.69. The van der Waals surface area contributed by atoms with Gasteiger partial charge in [-0.2, -0.15) is 0 Å². The second-order valence-electron chi connectivity index (χ2n) is 8.66. The molecule has 2 aromatic carbocycles. The maximum Gasteiger partial charge on any atom is 0.251 e. The van der Waals surface area contributed by atoms with Crippen molar-refractivity contribution in [2.45, 2.75) is 57.7 Å². The molecule has 2 heterocycles. The van der Waals surface area contributed by atoms with E-state index in [9.17, 15) is 4.79 Å². The van der Waals surface area contributed by atoms with Crippen LogP contribution in [0.2, 0.25) is 0 Å². The van der Waals surface area contributed by atoms with Gasteiger partial charge in [0.15, 0.2) is 0 Å². The van der Waals surface area contributed by atoms with Crippen LogP contribution < -0.4 is 10.1 Å². The van der Waals surface area contributed by atoms with E-state index in [1.165, 1.54) is 37.9 Å². The molecular weight excluding hydrogens is 348 g/mol. The molecule has 2 aliphatic heterocycles. The number of ether oxygens (including phenoxy) is 1. The van der Waals surface area contributed by atoms with Gasteiger partial charge >= 0.3 is 0 Å². The number of benzene rings is 2. The van der Waals surface area contributed by atoms with Crippen molar-refractivity contribution < 1.29 is 9.53 Å². The van der Waals surface area contributed by atoms with Gasteiger partial charge in [-0.15, -0.1) is 0 Å². The number of amides is 1. The van der Waals surface area contributed by atoms with Gasteiger partial charge in [0.2, 0.25) is 0 Å². The van der Waals surface area contributed by atoms with E-state index >= 15 is 0 Å². The molecule has 1 amide bonds. The van der Waals surface area contributed by atoms with Crippen molar-refractivity contribution >= 4 is 5.91 Å². The standard InChI is InChI=1S/C24H30N2O2/c1-24(2)16-21(20-8-4-5-9-22(20)28-24)25-23(27)19-12-10-18(11-13-19)17-26-14-6-3-7-15-26/h4-5,8-13,21H,3,6-7,14-17H2,1-2H3,(H,25,27). The molecule has 0 bridgehead atoms. The van der Waals surface area contributed by atoms with Crippen LogP contribution in [-0.4, -0.2) is 29.5 Å². The first-order chi connectivity index (χ1) is 13.5. The van der Waals surface area contributed by atoms with Crippen molar-refractivity contribution in [2.24, 2.45) is 0 Å². The summed E-state index contributed by atoms with van der Waals surface area (Å²) in [5.41, 5.74) is 2.74. The summed E-state index contributed by atoms with van der Waals surface area (Å²) in [7, 11) is 0. The van der Waals surface area contributed by atoms with E-state index in [2.05, 4.69) is 36.2 Å². The molecular formula is C24H30N2O2. The highest BCUT2D eigenvalue weighted by Gasteiger charge is 2.34. The number of carbonyl (C=O) groups excluding carboxylic acids is 1. The number of nitrogens with one attached hydrogen (secondary N) is 1. The van der Waals surface area contributed by atoms with Crippen LogP contribution in [0.25, 0.3) is 0 Å². The summed E-state index contributed by atoms with van der Waals surface area (Å²) in [5, 5.41) is 3.22. The molecule has 148 valence electrons. The topological polar surface area (TPSA) is 41.6 Å². The Labute approximate surface area is 167 Å². The van der Waals surface area contributed by atoms with Gasteiger partial charge in [0, 0.05) is 24.1 Å². The Morgan fingerprint density at radius 2 is 1.79 bits per heavy atom. The highest BCUT2D eigenvalue weighted by Crippen LogP contribution is 2.39. The van der Waals surface area contributed by atoms with Gasteiger partial charge < -0.3 is 10.1 Å². The van der Waals surface area contributed by atoms with E-state index in [4.69, 9.17) is 4.74 Å². The van der Waals surface area contributed by atoms with Crippen molar-refractivity contribution in [1.82, 2.24) is 10.2 Å². The first kappa shape index (κ1) is 19.0. The summed E-state index contributed by atoms with van der Waals surface area (Å²) in [5.74, 6) is 0.836. The Balaban J connectivity index is 1.43. The van der Waals surface area contributed by atoms with Gasteiger partial charge in [0.25, 0.3) is 5.91 Å². The van der Waals surface area contributed by atoms with Gasteiger partial charge in [-0.25, -0.2) is 0 Å². The number of rotatable bonds is 4. The molecule has 1 N–H and O–H groups in total. The number of fused-ring (bicyclic) bond motifs is 1. The minimum atomic E-state index is -0.301. The minimum Gasteiger partial charge on any atom is -0.487 e. The molecule has 2 aromatic rings. The third kappa shape index (κ3) is 4.39. The molecule has 0 aromatic heterocycles. The fraction of sp³-hybridized carbons (Fsp3) is 0.458. The Hall–Kier alpha value is -2.33. The average Bonchev–Trinajstić information content (AvgIpc) is 2.68. The van der Waals surface area contributed by atoms with Crippen LogP contribution in [0, 0.1) is 0 Å². The van der Waals surface area contributed by atoms with Crippen LogP contribution in [-0.2, 0) is 6.54 Å². The average molecular weight is 379 g/mol. The van der Waals surface area contributed by atoms with Gasteiger partial charge in [0.1, 0.15) is 11.4 Å². The van der Waals surface area contributed by atoms with Gasteiger partial charge in [0.05, 0.1) is 6.04 Å². The van der Waals surface area contributed by atoms with Crippen LogP contribution in [0.5, 0.6) is 5.75 Å². The second-order valence-corrected chi connectivity index (χ2v) is 8.66. The lowest BCUT2D eigenvalue weighted by molar-refractivity contribution is 0.0619. The molecule has 2 aliphatic rings. The van der Waals surface area contributed by atoms with Crippen molar-refractivity contribution in [2.75, 3.05) is 13.1 Å². The van der Waals surface area contributed by atoms with E-state index in [0.717, 1.165) is 24.3 Å². The fourth-order valence-corrected chi connectivity index (χ4v) is 4.31. The van der Waals surface area contributed by atoms with E-state index in [0.29, 0.717) is 5.56 Å². The van der Waals surface area contributed by atoms with Crippen LogP contribution in [0.3, 0.4) is 0 Å². The molecule has 4 nitrogen and oxygen atoms in total. The first-order valence-electron chi connectivity index (χ1n) is 10.4. The SMILES string of the molecule is CC1(C)CC(NC(=O)c2ccc(CN3CCCCC3)cc2)c2ccccc2O1. The van der Waals surface area contributed by atoms with Crippen LogP contribution in [0.1, 0.15) is 67.1 Å². The summed E-state index contributed by atoms with van der Waals surface area (Å²) >= 11 is 0. The molecule has 0 radical (unpaired) electrons. The molecule has 0 saturated carbocycles. The quantitative estimate of drug-likeness (QED) is 0.838. The van der Waals surface area contributed by atoms with Crippen LogP contribution in [0.4, 0.5) is 0 Å². The third-order valence-corrected chi connectivity index (χ3v) is 5.75. The maximum atomic E-state index is 12.9. The van der Waals surface area contributed by atoms with Crippen molar-refractivity contribution in [3.8, 4) is 5.75 Å². The Bertz CT molecular complexity index is 823. The molecule has 1 saturated heterocycles. The number of hydrogen-bond donors (Lipinski definition) is 1. The predicted octanol–water partition coefficient (Wildman–Crippen LogP) is 4.70. The van der Waals surface area contributed by atoms with Crippen molar-refractivity contribution in [3.63, 3.8) is 0 Å². The first-order valence-corrected chi connectivity index (χ1v) is 10.4. The number of hydrogen-bond acceptors (Lipinski definition) is 3. The number of piperidine rings is 1. The number of nitrogens with zero attached hydrogens (tertiary/aromatic N) is 1. The number of likely N-dealkylation sites (tertiary alicyclic amines) is 1. The predicted molar refractivity (Wildman–Crippen MR) is 112 cm³/mol. The van der Waals surface area contributed by atoms with E-state index < -0.39 is 0 Å². The molecule has 4 heteroatoms. The molecule has 28 heavy (non-hydrogen) atoms. The van der Waals surface area contributed by atoms with Crippen LogP contribution in [0.15, 0.2) is 48.5 Å². The summed E-state index contributed by atoms with van der Waals surface area (Å²) in [4.78, 5) is 15.4. The number of carbonyl (C=O) groups is 1. The molecule has 1 atom stereocenters. The smallest absolute Gasteiger partial charge is 0.251 e. The lowest BCUT2D eigenvalue weighted by Gasteiger charge is -2.37. The normalized spacial score (nSPS) is 21.4. The molecule has 0 aliphatic carbocycles. The highest BCUT2D eigenvalue weighted by molar-refractivity contribution is 5.94. The monoisotopic (exact) mass is 378 g/mol.